The summed E-state index contributed by atoms with van der Waals surface area (Å²) in [6.45, 7) is 3.82. The van der Waals surface area contributed by atoms with E-state index in [1.54, 1.807) is 23.1 Å². The van der Waals surface area contributed by atoms with Crippen molar-refractivity contribution in [2.45, 2.75) is 20.3 Å². The molecule has 17 heavy (non-hydrogen) atoms. The molecule has 0 unspecified atom stereocenters. The lowest BCUT2D eigenvalue weighted by molar-refractivity contribution is 0.0992. The molecule has 5 heteroatoms. The van der Waals surface area contributed by atoms with Gasteiger partial charge in [0.2, 0.25) is 0 Å². The van der Waals surface area contributed by atoms with Crippen molar-refractivity contribution in [3.05, 3.63) is 38.3 Å². The fourth-order valence-electron chi connectivity index (χ4n) is 1.78. The predicted molar refractivity (Wildman–Crippen MR) is 70.0 cm³/mol. The van der Waals surface area contributed by atoms with Gasteiger partial charge in [-0.1, -0.05) is 11.6 Å². The summed E-state index contributed by atoms with van der Waals surface area (Å²) in [5, 5.41) is 8.61. The highest BCUT2D eigenvalue weighted by molar-refractivity contribution is 7.08. The molecule has 0 aliphatic heterocycles. The van der Waals surface area contributed by atoms with E-state index in [0.717, 1.165) is 22.4 Å². The van der Waals surface area contributed by atoms with Gasteiger partial charge in [-0.05, 0) is 24.8 Å². The molecule has 0 aliphatic carbocycles. The smallest absolute Gasteiger partial charge is 0.168 e. The van der Waals surface area contributed by atoms with Crippen LogP contribution in [0.25, 0.3) is 0 Å². The second kappa shape index (κ2) is 4.63. The fraction of sp³-hybridized carbons (Fsp3) is 0.333. The summed E-state index contributed by atoms with van der Waals surface area (Å²) in [5.74, 6) is 0.0988. The first kappa shape index (κ1) is 12.3. The van der Waals surface area contributed by atoms with E-state index >= 15 is 0 Å². The van der Waals surface area contributed by atoms with E-state index in [9.17, 15) is 4.79 Å². The van der Waals surface area contributed by atoms with Gasteiger partial charge in [-0.25, -0.2) is 0 Å². The Bertz CT molecular complexity index is 571. The van der Waals surface area contributed by atoms with E-state index in [0.29, 0.717) is 11.6 Å². The molecule has 3 nitrogen and oxygen atoms in total. The molecule has 90 valence electrons. The Balaban J connectivity index is 2.28. The molecule has 0 radical (unpaired) electrons. The number of ketones is 1. The van der Waals surface area contributed by atoms with Crippen molar-refractivity contribution in [1.29, 1.82) is 0 Å². The minimum Gasteiger partial charge on any atom is -0.294 e. The molecular formula is C12H13ClN2OS. The highest BCUT2D eigenvalue weighted by Crippen LogP contribution is 2.22. The largest absolute Gasteiger partial charge is 0.294 e. The fourth-order valence-corrected chi connectivity index (χ4v) is 2.87. The monoisotopic (exact) mass is 268 g/mol. The third kappa shape index (κ3) is 2.28. The zero-order chi connectivity index (χ0) is 12.6. The molecule has 0 aliphatic rings. The molecule has 2 rings (SSSR count). The zero-order valence-electron chi connectivity index (χ0n) is 9.95. The average molecular weight is 269 g/mol. The van der Waals surface area contributed by atoms with Crippen molar-refractivity contribution in [2.75, 3.05) is 0 Å². The number of aromatic nitrogens is 2. The van der Waals surface area contributed by atoms with Crippen LogP contribution < -0.4 is 0 Å². The number of carbonyl (C=O) groups excluding carboxylic acids is 1. The second-order valence-corrected chi connectivity index (χ2v) is 5.15. The number of halogens is 1. The molecule has 0 fully saturated rings. The lowest BCUT2D eigenvalue weighted by Crippen LogP contribution is -2.04. The third-order valence-electron chi connectivity index (χ3n) is 2.76. The van der Waals surface area contributed by atoms with Crippen LogP contribution >= 0.6 is 22.9 Å². The second-order valence-electron chi connectivity index (χ2n) is 4.05. The first-order valence-electron chi connectivity index (χ1n) is 5.24. The van der Waals surface area contributed by atoms with E-state index < -0.39 is 0 Å². The van der Waals surface area contributed by atoms with Gasteiger partial charge in [-0.2, -0.15) is 16.4 Å². The number of carbonyl (C=O) groups is 1. The lowest BCUT2D eigenvalue weighted by atomic mass is 10.0. The molecule has 2 aromatic rings. The summed E-state index contributed by atoms with van der Waals surface area (Å²) < 4.78 is 1.60. The van der Waals surface area contributed by atoms with E-state index in [-0.39, 0.29) is 5.78 Å². The average Bonchev–Trinajstić information content (AvgIpc) is 2.78. The quantitative estimate of drug-likeness (QED) is 0.802. The number of Topliss-reactive ketones (excluding diaryl/α,β-unsaturated/α-hetero) is 1. The first-order chi connectivity index (χ1) is 8.00. The first-order valence-corrected chi connectivity index (χ1v) is 6.56. The highest BCUT2D eigenvalue weighted by Gasteiger charge is 2.17. The Kier molecular flexibility index (Phi) is 3.35. The van der Waals surface area contributed by atoms with Gasteiger partial charge in [0.15, 0.2) is 5.78 Å². The molecule has 0 aromatic carbocycles. The predicted octanol–water partition coefficient (Wildman–Crippen LogP) is 3.18. The number of nitrogens with zero attached hydrogens (tertiary/aromatic N) is 2. The Labute approximate surface area is 109 Å². The Morgan fingerprint density at radius 3 is 2.65 bits per heavy atom. The normalized spacial score (nSPS) is 10.8. The van der Waals surface area contributed by atoms with Gasteiger partial charge in [0.1, 0.15) is 5.15 Å². The van der Waals surface area contributed by atoms with Gasteiger partial charge >= 0.3 is 0 Å². The lowest BCUT2D eigenvalue weighted by Gasteiger charge is -2.00. The summed E-state index contributed by atoms with van der Waals surface area (Å²) in [7, 11) is 1.78. The Morgan fingerprint density at radius 1 is 1.47 bits per heavy atom. The number of hydrogen-bond acceptors (Lipinski definition) is 3. The van der Waals surface area contributed by atoms with Gasteiger partial charge in [0.05, 0.1) is 5.69 Å². The summed E-state index contributed by atoms with van der Waals surface area (Å²) >= 11 is 7.65. The highest BCUT2D eigenvalue weighted by atomic mass is 35.5. The summed E-state index contributed by atoms with van der Waals surface area (Å²) in [6, 6.07) is 0. The van der Waals surface area contributed by atoms with Gasteiger partial charge in [-0.15, -0.1) is 0 Å². The summed E-state index contributed by atoms with van der Waals surface area (Å²) in [5.41, 5.74) is 3.45. The van der Waals surface area contributed by atoms with Crippen LogP contribution in [0, 0.1) is 13.8 Å². The van der Waals surface area contributed by atoms with Crippen molar-refractivity contribution in [3.8, 4) is 0 Å². The number of rotatable bonds is 3. The summed E-state index contributed by atoms with van der Waals surface area (Å²) in [6.07, 6.45) is 0.316. The molecule has 0 bridgehead atoms. The number of thiophene rings is 1. The zero-order valence-corrected chi connectivity index (χ0v) is 11.5. The van der Waals surface area contributed by atoms with Crippen LogP contribution in [-0.2, 0) is 13.5 Å². The molecule has 2 heterocycles. The number of hydrogen-bond donors (Lipinski definition) is 0. The molecule has 0 N–H and O–H groups in total. The molecule has 0 spiro atoms. The SMILES string of the molecule is Cc1cscc1C(=O)Cc1c(C)nn(C)c1Cl. The molecular weight excluding hydrogens is 256 g/mol. The summed E-state index contributed by atoms with van der Waals surface area (Å²) in [4.78, 5) is 12.1. The standard InChI is InChI=1S/C12H13ClN2OS/c1-7-5-17-6-10(7)11(16)4-9-8(2)14-15(3)12(9)13/h5-6H,4H2,1-3H3. The molecule has 0 saturated carbocycles. The van der Waals surface area contributed by atoms with Gasteiger partial charge < -0.3 is 0 Å². The van der Waals surface area contributed by atoms with Crippen LogP contribution in [0.5, 0.6) is 0 Å². The maximum Gasteiger partial charge on any atom is 0.168 e. The Morgan fingerprint density at radius 2 is 2.18 bits per heavy atom. The van der Waals surface area contributed by atoms with Crippen molar-refractivity contribution in [2.24, 2.45) is 7.05 Å². The van der Waals surface area contributed by atoms with Gasteiger partial charge in [0.25, 0.3) is 0 Å². The van der Waals surface area contributed by atoms with Crippen LogP contribution in [0.4, 0.5) is 0 Å². The molecule has 0 saturated heterocycles. The van der Waals surface area contributed by atoms with Gasteiger partial charge in [-0.3, -0.25) is 9.48 Å². The third-order valence-corrected chi connectivity index (χ3v) is 4.10. The van der Waals surface area contributed by atoms with Crippen LogP contribution in [0.2, 0.25) is 5.15 Å². The van der Waals surface area contributed by atoms with E-state index in [1.165, 1.54) is 0 Å². The van der Waals surface area contributed by atoms with Crippen LogP contribution in [0.1, 0.15) is 27.2 Å². The molecule has 2 aromatic heterocycles. The van der Waals surface area contributed by atoms with Crippen LogP contribution in [-0.4, -0.2) is 15.6 Å². The maximum absolute atomic E-state index is 12.1. The van der Waals surface area contributed by atoms with Crippen LogP contribution in [0.15, 0.2) is 10.8 Å². The van der Waals surface area contributed by atoms with E-state index in [4.69, 9.17) is 11.6 Å². The minimum atomic E-state index is 0.0988. The van der Waals surface area contributed by atoms with Crippen molar-refractivity contribution >= 4 is 28.7 Å². The minimum absolute atomic E-state index is 0.0988. The van der Waals surface area contributed by atoms with Crippen molar-refractivity contribution in [1.82, 2.24) is 9.78 Å². The van der Waals surface area contributed by atoms with Crippen LogP contribution in [0.3, 0.4) is 0 Å². The topological polar surface area (TPSA) is 34.9 Å². The van der Waals surface area contributed by atoms with Crippen molar-refractivity contribution in [3.63, 3.8) is 0 Å². The Hall–Kier alpha value is -1.13. The van der Waals surface area contributed by atoms with Gasteiger partial charge in [0, 0.05) is 30.0 Å². The van der Waals surface area contributed by atoms with E-state index in [1.807, 2.05) is 24.6 Å². The maximum atomic E-state index is 12.1. The van der Waals surface area contributed by atoms with Crippen molar-refractivity contribution < 1.29 is 4.79 Å². The number of aryl methyl sites for hydroxylation is 3. The molecule has 0 amide bonds. The molecule has 0 atom stereocenters. The van der Waals surface area contributed by atoms with E-state index in [2.05, 4.69) is 5.10 Å².